The van der Waals surface area contributed by atoms with Crippen molar-refractivity contribution in [3.05, 3.63) is 65.2 Å². The number of amides is 1. The molecular weight excluding hydrogens is 374 g/mol. The highest BCUT2D eigenvalue weighted by Crippen LogP contribution is 2.31. The van der Waals surface area contributed by atoms with Crippen LogP contribution in [-0.4, -0.2) is 34.9 Å². The highest BCUT2D eigenvalue weighted by Gasteiger charge is 2.33. The molecule has 2 aromatic rings. The van der Waals surface area contributed by atoms with Crippen LogP contribution in [0.2, 0.25) is 0 Å². The van der Waals surface area contributed by atoms with Crippen molar-refractivity contribution in [1.82, 2.24) is 15.2 Å². The van der Waals surface area contributed by atoms with Gasteiger partial charge in [0.2, 0.25) is 0 Å². The van der Waals surface area contributed by atoms with Crippen molar-refractivity contribution in [3.8, 4) is 0 Å². The van der Waals surface area contributed by atoms with E-state index < -0.39 is 23.5 Å². The van der Waals surface area contributed by atoms with Crippen LogP contribution in [0.3, 0.4) is 0 Å². The van der Waals surface area contributed by atoms with E-state index in [0.29, 0.717) is 37.2 Å². The normalized spacial score (nSPS) is 17.8. The van der Waals surface area contributed by atoms with Gasteiger partial charge in [0.25, 0.3) is 5.91 Å². The van der Waals surface area contributed by atoms with Gasteiger partial charge in [-0.15, -0.1) is 0 Å². The number of nitrogens with zero attached hydrogens (tertiary/aromatic N) is 2. The number of hydrogen-bond acceptors (Lipinski definition) is 3. The van der Waals surface area contributed by atoms with Crippen molar-refractivity contribution in [1.29, 1.82) is 0 Å². The molecule has 1 aliphatic rings. The van der Waals surface area contributed by atoms with Crippen LogP contribution in [0.15, 0.2) is 42.6 Å². The first kappa shape index (κ1) is 20.3. The minimum absolute atomic E-state index is 0.155. The summed E-state index contributed by atoms with van der Waals surface area (Å²) >= 11 is 0. The molecule has 1 atom stereocenters. The Morgan fingerprint density at radius 1 is 1.18 bits per heavy atom. The Morgan fingerprint density at radius 2 is 2.00 bits per heavy atom. The maximum absolute atomic E-state index is 13.8. The molecule has 150 valence electrons. The third-order valence-electron chi connectivity index (χ3n) is 4.78. The molecule has 0 radical (unpaired) electrons. The Bertz CT molecular complexity index is 803. The molecule has 28 heavy (non-hydrogen) atoms. The predicted molar refractivity (Wildman–Crippen MR) is 96.0 cm³/mol. The number of alkyl halides is 3. The summed E-state index contributed by atoms with van der Waals surface area (Å²) < 4.78 is 53.0. The van der Waals surface area contributed by atoms with Gasteiger partial charge < -0.3 is 10.2 Å². The van der Waals surface area contributed by atoms with Crippen molar-refractivity contribution >= 4 is 5.91 Å². The Labute approximate surface area is 160 Å². The van der Waals surface area contributed by atoms with E-state index in [0.717, 1.165) is 19.0 Å². The number of hydrogen-bond donors (Lipinski definition) is 1. The molecule has 1 unspecified atom stereocenters. The molecule has 1 fully saturated rings. The van der Waals surface area contributed by atoms with Crippen LogP contribution < -0.4 is 5.32 Å². The molecule has 1 amide bonds. The van der Waals surface area contributed by atoms with Crippen molar-refractivity contribution in [2.75, 3.05) is 13.1 Å². The monoisotopic (exact) mass is 395 g/mol. The fourth-order valence-electron chi connectivity index (χ4n) is 3.39. The zero-order valence-corrected chi connectivity index (χ0v) is 15.2. The first-order valence-electron chi connectivity index (χ1n) is 9.14. The number of rotatable bonds is 4. The number of carbonyl (C=O) groups is 1. The molecule has 2 heterocycles. The Balaban J connectivity index is 1.94. The van der Waals surface area contributed by atoms with E-state index in [1.807, 2.05) is 0 Å². The molecule has 1 saturated heterocycles. The second-order valence-corrected chi connectivity index (χ2v) is 6.82. The van der Waals surface area contributed by atoms with E-state index in [2.05, 4.69) is 10.3 Å². The third kappa shape index (κ3) is 5.07. The van der Waals surface area contributed by atoms with Gasteiger partial charge in [0, 0.05) is 17.8 Å². The van der Waals surface area contributed by atoms with E-state index in [1.165, 1.54) is 4.90 Å². The lowest BCUT2D eigenvalue weighted by atomic mass is 10.0. The van der Waals surface area contributed by atoms with Crippen molar-refractivity contribution in [2.45, 2.75) is 38.0 Å². The minimum atomic E-state index is -4.73. The largest absolute Gasteiger partial charge is 0.416 e. The minimum Gasteiger partial charge on any atom is -0.330 e. The zero-order chi connectivity index (χ0) is 20.1. The van der Waals surface area contributed by atoms with Gasteiger partial charge in [-0.1, -0.05) is 6.07 Å². The number of halogens is 4. The molecule has 1 aromatic carbocycles. The third-order valence-corrected chi connectivity index (χ3v) is 4.78. The van der Waals surface area contributed by atoms with Gasteiger partial charge in [-0.25, -0.2) is 4.39 Å². The van der Waals surface area contributed by atoms with E-state index in [1.54, 1.807) is 24.4 Å². The number of aromatic nitrogens is 1. The predicted octanol–water partition coefficient (Wildman–Crippen LogP) is 4.02. The average Bonchev–Trinajstić information content (AvgIpc) is 2.94. The van der Waals surface area contributed by atoms with Crippen LogP contribution in [-0.2, 0) is 12.7 Å². The summed E-state index contributed by atoms with van der Waals surface area (Å²) in [5.41, 5.74) is -0.850. The molecule has 4 nitrogen and oxygen atoms in total. The maximum atomic E-state index is 13.8. The summed E-state index contributed by atoms with van der Waals surface area (Å²) in [7, 11) is 0. The smallest absolute Gasteiger partial charge is 0.330 e. The lowest BCUT2D eigenvalue weighted by Crippen LogP contribution is -2.40. The van der Waals surface area contributed by atoms with E-state index in [4.69, 9.17) is 0 Å². The first-order chi connectivity index (χ1) is 13.3. The molecule has 1 aliphatic heterocycles. The second-order valence-electron chi connectivity index (χ2n) is 6.82. The first-order valence-corrected chi connectivity index (χ1v) is 9.14. The van der Waals surface area contributed by atoms with E-state index in [-0.39, 0.29) is 18.2 Å². The molecule has 3 rings (SSSR count). The lowest BCUT2D eigenvalue weighted by molar-refractivity contribution is -0.137. The number of nitrogens with one attached hydrogen (secondary N) is 1. The molecule has 0 spiro atoms. The summed E-state index contributed by atoms with van der Waals surface area (Å²) in [6.45, 7) is 1.68. The molecule has 0 aliphatic carbocycles. The topological polar surface area (TPSA) is 45.2 Å². The fraction of sp³-hybridized carbons (Fsp3) is 0.400. The van der Waals surface area contributed by atoms with Crippen LogP contribution in [0, 0.1) is 5.82 Å². The second kappa shape index (κ2) is 8.68. The van der Waals surface area contributed by atoms with Gasteiger partial charge in [0.15, 0.2) is 0 Å². The van der Waals surface area contributed by atoms with Crippen molar-refractivity contribution in [2.24, 2.45) is 0 Å². The fourth-order valence-corrected chi connectivity index (χ4v) is 3.39. The van der Waals surface area contributed by atoms with Gasteiger partial charge in [-0.2, -0.15) is 13.2 Å². The summed E-state index contributed by atoms with van der Waals surface area (Å²) in [5, 5.41) is 3.25. The molecule has 0 bridgehead atoms. The number of benzene rings is 1. The lowest BCUT2D eigenvalue weighted by Gasteiger charge is -2.31. The average molecular weight is 395 g/mol. The SMILES string of the molecule is O=C(c1cc(F)cc(C(F)(F)F)c1)N(Cc1ccccn1)C1CCCNCC1. The summed E-state index contributed by atoms with van der Waals surface area (Å²) in [6, 6.07) is 7.08. The Kier molecular flexibility index (Phi) is 6.28. The van der Waals surface area contributed by atoms with Crippen molar-refractivity contribution in [3.63, 3.8) is 0 Å². The quantitative estimate of drug-likeness (QED) is 0.796. The van der Waals surface area contributed by atoms with Gasteiger partial charge in [0.05, 0.1) is 17.8 Å². The Hall–Kier alpha value is -2.48. The standard InChI is InChI=1S/C20H21F4N3O/c21-16-11-14(10-15(12-16)20(22,23)24)19(28)27(13-17-4-1-2-8-26-17)18-5-3-7-25-9-6-18/h1-2,4,8,10-12,18,25H,3,5-7,9,13H2. The summed E-state index contributed by atoms with van der Waals surface area (Å²) in [6.07, 6.45) is -0.910. The zero-order valence-electron chi connectivity index (χ0n) is 15.2. The van der Waals surface area contributed by atoms with Crippen LogP contribution in [0.25, 0.3) is 0 Å². The van der Waals surface area contributed by atoms with E-state index in [9.17, 15) is 22.4 Å². The maximum Gasteiger partial charge on any atom is 0.416 e. The van der Waals surface area contributed by atoms with Gasteiger partial charge >= 0.3 is 6.18 Å². The van der Waals surface area contributed by atoms with Crippen LogP contribution in [0.4, 0.5) is 17.6 Å². The van der Waals surface area contributed by atoms with Gasteiger partial charge in [0.1, 0.15) is 5.82 Å². The van der Waals surface area contributed by atoms with Crippen LogP contribution in [0.5, 0.6) is 0 Å². The highest BCUT2D eigenvalue weighted by atomic mass is 19.4. The summed E-state index contributed by atoms with van der Waals surface area (Å²) in [4.78, 5) is 18.9. The Morgan fingerprint density at radius 3 is 2.71 bits per heavy atom. The molecule has 1 aromatic heterocycles. The van der Waals surface area contributed by atoms with Crippen LogP contribution >= 0.6 is 0 Å². The molecule has 8 heteroatoms. The molecule has 1 N–H and O–H groups in total. The van der Waals surface area contributed by atoms with Gasteiger partial charge in [-0.05, 0) is 62.7 Å². The molecule has 0 saturated carbocycles. The highest BCUT2D eigenvalue weighted by molar-refractivity contribution is 5.94. The van der Waals surface area contributed by atoms with Crippen LogP contribution in [0.1, 0.15) is 40.9 Å². The summed E-state index contributed by atoms with van der Waals surface area (Å²) in [5.74, 6) is -1.71. The molecular formula is C20H21F4N3O. The number of pyridine rings is 1. The van der Waals surface area contributed by atoms with Crippen molar-refractivity contribution < 1.29 is 22.4 Å². The van der Waals surface area contributed by atoms with Gasteiger partial charge in [-0.3, -0.25) is 9.78 Å². The number of carbonyl (C=O) groups excluding carboxylic acids is 1. The van der Waals surface area contributed by atoms with E-state index >= 15 is 0 Å².